The van der Waals surface area contributed by atoms with Crippen LogP contribution in [0.5, 0.6) is 0 Å². The number of hydrogen-bond acceptors (Lipinski definition) is 2. The highest BCUT2D eigenvalue weighted by Crippen LogP contribution is 2.21. The van der Waals surface area contributed by atoms with E-state index in [1.807, 2.05) is 18.2 Å². The Morgan fingerprint density at radius 3 is 3.00 bits per heavy atom. The van der Waals surface area contributed by atoms with Gasteiger partial charge in [-0.3, -0.25) is 0 Å². The lowest BCUT2D eigenvalue weighted by molar-refractivity contribution is -0.0446. The van der Waals surface area contributed by atoms with E-state index in [1.165, 1.54) is 0 Å². The maximum atomic E-state index is 9.27. The van der Waals surface area contributed by atoms with Crippen LogP contribution in [0, 0.1) is 0 Å². The zero-order valence-electron chi connectivity index (χ0n) is 5.60. The second kappa shape index (κ2) is 2.22. The van der Waals surface area contributed by atoms with Gasteiger partial charge in [0.2, 0.25) is 0 Å². The second-order valence-electron chi connectivity index (χ2n) is 2.68. The summed E-state index contributed by atoms with van der Waals surface area (Å²) in [7, 11) is 0. The molecule has 2 nitrogen and oxygen atoms in total. The van der Waals surface area contributed by atoms with E-state index in [0.717, 1.165) is 6.42 Å². The van der Waals surface area contributed by atoms with Crippen molar-refractivity contribution >= 4 is 0 Å². The molecule has 2 aliphatic heterocycles. The van der Waals surface area contributed by atoms with Gasteiger partial charge in [-0.2, -0.15) is 0 Å². The molecule has 2 rings (SSSR count). The Hall–Kier alpha value is -0.600. The highest BCUT2D eigenvalue weighted by molar-refractivity contribution is 5.14. The number of hydrogen-bond donors (Lipinski definition) is 1. The van der Waals surface area contributed by atoms with E-state index in [2.05, 4.69) is 6.08 Å². The molecule has 2 heterocycles. The Balaban J connectivity index is 2.22. The molecule has 54 valence electrons. The molecule has 0 aliphatic carbocycles. The average Bonchev–Trinajstić information content (AvgIpc) is 1.99. The van der Waals surface area contributed by atoms with Crippen molar-refractivity contribution in [2.24, 2.45) is 0 Å². The first-order chi connectivity index (χ1) is 4.86. The number of aliphatic hydroxyl groups excluding tert-OH is 1. The highest BCUT2D eigenvalue weighted by Gasteiger charge is 2.25. The molecular weight excluding hydrogens is 128 g/mol. The second-order valence-corrected chi connectivity index (χ2v) is 2.68. The van der Waals surface area contributed by atoms with Gasteiger partial charge in [-0.1, -0.05) is 24.3 Å². The lowest BCUT2D eigenvalue weighted by atomic mass is 10.0. The molecule has 0 saturated heterocycles. The fourth-order valence-corrected chi connectivity index (χ4v) is 1.33. The van der Waals surface area contributed by atoms with Gasteiger partial charge in [-0.15, -0.1) is 0 Å². The van der Waals surface area contributed by atoms with Crippen molar-refractivity contribution in [3.05, 3.63) is 24.3 Å². The molecule has 3 atom stereocenters. The van der Waals surface area contributed by atoms with E-state index in [-0.39, 0.29) is 12.2 Å². The van der Waals surface area contributed by atoms with Crippen LogP contribution in [0.4, 0.5) is 0 Å². The number of fused-ring (bicyclic) bond motifs is 2. The molecule has 1 N–H and O–H groups in total. The number of ether oxygens (including phenoxy) is 1. The standard InChI is InChI=1S/C8H10O2/c9-7-5-4-6-2-1-3-8(7)10-6/h1-2,4-9H,3H2/t6-,7-,8+/m0/s1. The Labute approximate surface area is 59.8 Å². The zero-order chi connectivity index (χ0) is 6.97. The van der Waals surface area contributed by atoms with Gasteiger partial charge in [0.05, 0.1) is 18.3 Å². The Morgan fingerprint density at radius 1 is 1.30 bits per heavy atom. The minimum atomic E-state index is -0.402. The lowest BCUT2D eigenvalue weighted by Crippen LogP contribution is -2.36. The molecule has 0 radical (unpaired) electrons. The van der Waals surface area contributed by atoms with Crippen LogP contribution in [-0.4, -0.2) is 23.4 Å². The van der Waals surface area contributed by atoms with Crippen molar-refractivity contribution in [3.8, 4) is 0 Å². The van der Waals surface area contributed by atoms with Gasteiger partial charge in [0, 0.05) is 0 Å². The van der Waals surface area contributed by atoms with E-state index >= 15 is 0 Å². The zero-order valence-corrected chi connectivity index (χ0v) is 5.60. The van der Waals surface area contributed by atoms with E-state index < -0.39 is 6.10 Å². The highest BCUT2D eigenvalue weighted by atomic mass is 16.5. The summed E-state index contributed by atoms with van der Waals surface area (Å²) in [6.45, 7) is 0. The summed E-state index contributed by atoms with van der Waals surface area (Å²) in [6, 6.07) is 0. The normalized spacial score (nSPS) is 43.9. The number of rotatable bonds is 0. The van der Waals surface area contributed by atoms with E-state index in [9.17, 15) is 5.11 Å². The Morgan fingerprint density at radius 2 is 2.20 bits per heavy atom. The molecule has 10 heavy (non-hydrogen) atoms. The van der Waals surface area contributed by atoms with Crippen LogP contribution in [0.25, 0.3) is 0 Å². The van der Waals surface area contributed by atoms with Gasteiger partial charge in [0.15, 0.2) is 0 Å². The summed E-state index contributed by atoms with van der Waals surface area (Å²) in [5, 5.41) is 9.27. The molecule has 0 fully saturated rings. The smallest absolute Gasteiger partial charge is 0.0987 e. The van der Waals surface area contributed by atoms with Crippen molar-refractivity contribution < 1.29 is 9.84 Å². The summed E-state index contributed by atoms with van der Waals surface area (Å²) >= 11 is 0. The summed E-state index contributed by atoms with van der Waals surface area (Å²) < 4.78 is 5.41. The Bertz CT molecular complexity index is 184. The van der Waals surface area contributed by atoms with Crippen LogP contribution < -0.4 is 0 Å². The molecule has 0 saturated carbocycles. The van der Waals surface area contributed by atoms with Crippen molar-refractivity contribution in [1.82, 2.24) is 0 Å². The summed E-state index contributed by atoms with van der Waals surface area (Å²) in [5.41, 5.74) is 0. The molecule has 0 unspecified atom stereocenters. The van der Waals surface area contributed by atoms with E-state index in [1.54, 1.807) is 0 Å². The van der Waals surface area contributed by atoms with Gasteiger partial charge in [-0.25, -0.2) is 0 Å². The van der Waals surface area contributed by atoms with Gasteiger partial charge in [0.1, 0.15) is 0 Å². The summed E-state index contributed by atoms with van der Waals surface area (Å²) in [5.74, 6) is 0. The van der Waals surface area contributed by atoms with E-state index in [4.69, 9.17) is 4.74 Å². The largest absolute Gasteiger partial charge is 0.386 e. The first kappa shape index (κ1) is 6.13. The van der Waals surface area contributed by atoms with Crippen molar-refractivity contribution in [2.45, 2.75) is 24.7 Å². The third kappa shape index (κ3) is 0.895. The first-order valence-corrected chi connectivity index (χ1v) is 3.55. The third-order valence-electron chi connectivity index (χ3n) is 1.90. The third-order valence-corrected chi connectivity index (χ3v) is 1.90. The minimum absolute atomic E-state index is 0.000000000000000222. The predicted molar refractivity (Wildman–Crippen MR) is 37.6 cm³/mol. The van der Waals surface area contributed by atoms with Gasteiger partial charge in [-0.05, 0) is 6.42 Å². The van der Waals surface area contributed by atoms with Crippen LogP contribution in [0.15, 0.2) is 24.3 Å². The topological polar surface area (TPSA) is 29.5 Å². The molecule has 0 aromatic heterocycles. The maximum Gasteiger partial charge on any atom is 0.0987 e. The predicted octanol–water partition coefficient (Wildman–Crippen LogP) is 0.631. The molecule has 0 amide bonds. The number of aliphatic hydroxyl groups is 1. The first-order valence-electron chi connectivity index (χ1n) is 3.55. The quantitative estimate of drug-likeness (QED) is 0.497. The Kier molecular flexibility index (Phi) is 1.36. The molecule has 0 aromatic rings. The van der Waals surface area contributed by atoms with Crippen molar-refractivity contribution in [2.75, 3.05) is 0 Å². The van der Waals surface area contributed by atoms with Crippen molar-refractivity contribution in [3.63, 3.8) is 0 Å². The fourth-order valence-electron chi connectivity index (χ4n) is 1.33. The van der Waals surface area contributed by atoms with Crippen LogP contribution >= 0.6 is 0 Å². The van der Waals surface area contributed by atoms with Gasteiger partial charge >= 0.3 is 0 Å². The molecule has 2 bridgehead atoms. The van der Waals surface area contributed by atoms with Crippen LogP contribution in [-0.2, 0) is 4.74 Å². The summed E-state index contributed by atoms with van der Waals surface area (Å²) in [4.78, 5) is 0. The van der Waals surface area contributed by atoms with Crippen LogP contribution in [0.2, 0.25) is 0 Å². The maximum absolute atomic E-state index is 9.27. The van der Waals surface area contributed by atoms with Gasteiger partial charge in [0.25, 0.3) is 0 Å². The SMILES string of the molecule is O[C@H]1C=C[C@@H]2C=CC[C@H]1O2. The van der Waals surface area contributed by atoms with E-state index in [0.29, 0.717) is 0 Å². The molecular formula is C8H10O2. The van der Waals surface area contributed by atoms with Crippen LogP contribution in [0.3, 0.4) is 0 Å². The molecule has 2 aliphatic rings. The van der Waals surface area contributed by atoms with Crippen LogP contribution in [0.1, 0.15) is 6.42 Å². The van der Waals surface area contributed by atoms with Gasteiger partial charge < -0.3 is 9.84 Å². The average molecular weight is 138 g/mol. The molecule has 2 heteroatoms. The summed E-state index contributed by atoms with van der Waals surface area (Å²) in [6.07, 6.45) is 8.31. The molecule has 0 aromatic carbocycles. The lowest BCUT2D eigenvalue weighted by Gasteiger charge is -2.30. The monoisotopic (exact) mass is 138 g/mol. The van der Waals surface area contributed by atoms with Crippen molar-refractivity contribution in [1.29, 1.82) is 0 Å². The molecule has 0 spiro atoms. The fraction of sp³-hybridized carbons (Fsp3) is 0.500. The minimum Gasteiger partial charge on any atom is -0.386 e.